The first-order chi connectivity index (χ1) is 12.7. The molecule has 0 unspecified atom stereocenters. The number of hydrogen-bond donors (Lipinski definition) is 1. The van der Waals surface area contributed by atoms with Gasteiger partial charge in [0.2, 0.25) is 0 Å². The lowest BCUT2D eigenvalue weighted by Crippen LogP contribution is -2.40. The molecule has 2 aromatic heterocycles. The molecule has 1 atom stereocenters. The number of carbonyl (C=O) groups is 1. The van der Waals surface area contributed by atoms with E-state index in [4.69, 9.17) is 5.73 Å². The molecule has 1 aliphatic rings. The van der Waals surface area contributed by atoms with Crippen LogP contribution in [0.2, 0.25) is 0 Å². The van der Waals surface area contributed by atoms with Gasteiger partial charge in [0.1, 0.15) is 5.82 Å². The highest BCUT2D eigenvalue weighted by Gasteiger charge is 2.25. The van der Waals surface area contributed by atoms with Crippen LogP contribution in [0.3, 0.4) is 0 Å². The molecule has 1 amide bonds. The van der Waals surface area contributed by atoms with Gasteiger partial charge >= 0.3 is 0 Å². The predicted octanol–water partition coefficient (Wildman–Crippen LogP) is 2.70. The Balaban J connectivity index is 1.49. The standard InChI is InChI=1S/C20H21N5O/c21-19-18(23-8-9-24-19)11-14-3-2-10-25(13-14)20(26)16-5-6-17-15(12-16)4-1-7-22-17/h1,4-9,12,14H,2-3,10-11,13H2,(H2,21,24)/t14-/m0/s1. The van der Waals surface area contributed by atoms with Crippen molar-refractivity contribution in [1.29, 1.82) is 0 Å². The largest absolute Gasteiger partial charge is 0.382 e. The number of aromatic nitrogens is 3. The van der Waals surface area contributed by atoms with Crippen LogP contribution in [-0.2, 0) is 6.42 Å². The summed E-state index contributed by atoms with van der Waals surface area (Å²) in [7, 11) is 0. The number of anilines is 1. The topological polar surface area (TPSA) is 85.0 Å². The van der Waals surface area contributed by atoms with Crippen LogP contribution >= 0.6 is 0 Å². The van der Waals surface area contributed by atoms with Gasteiger partial charge in [-0.15, -0.1) is 0 Å². The van der Waals surface area contributed by atoms with Crippen LogP contribution in [0.25, 0.3) is 10.9 Å². The van der Waals surface area contributed by atoms with Crippen molar-refractivity contribution in [1.82, 2.24) is 19.9 Å². The number of pyridine rings is 1. The molecule has 0 radical (unpaired) electrons. The maximum atomic E-state index is 13.0. The zero-order valence-corrected chi connectivity index (χ0v) is 14.5. The average Bonchev–Trinajstić information content (AvgIpc) is 2.69. The van der Waals surface area contributed by atoms with E-state index in [1.807, 2.05) is 35.2 Å². The number of carbonyl (C=O) groups excluding carboxylic acids is 1. The third-order valence-electron chi connectivity index (χ3n) is 4.94. The zero-order chi connectivity index (χ0) is 17.9. The van der Waals surface area contributed by atoms with E-state index in [2.05, 4.69) is 15.0 Å². The molecule has 6 nitrogen and oxygen atoms in total. The second-order valence-corrected chi connectivity index (χ2v) is 6.76. The first-order valence-electron chi connectivity index (χ1n) is 8.90. The van der Waals surface area contributed by atoms with E-state index in [9.17, 15) is 4.79 Å². The van der Waals surface area contributed by atoms with Crippen molar-refractivity contribution < 1.29 is 4.79 Å². The fourth-order valence-corrected chi connectivity index (χ4v) is 3.62. The Labute approximate surface area is 152 Å². The van der Waals surface area contributed by atoms with E-state index in [-0.39, 0.29) is 5.91 Å². The summed E-state index contributed by atoms with van der Waals surface area (Å²) in [6.45, 7) is 1.51. The minimum Gasteiger partial charge on any atom is -0.382 e. The van der Waals surface area contributed by atoms with Gasteiger partial charge in [-0.2, -0.15) is 0 Å². The van der Waals surface area contributed by atoms with Crippen molar-refractivity contribution in [2.45, 2.75) is 19.3 Å². The molecule has 0 saturated carbocycles. The molecular weight excluding hydrogens is 326 g/mol. The van der Waals surface area contributed by atoms with Crippen LogP contribution in [0.5, 0.6) is 0 Å². The lowest BCUT2D eigenvalue weighted by molar-refractivity contribution is 0.0673. The van der Waals surface area contributed by atoms with Crippen molar-refractivity contribution in [3.05, 3.63) is 60.2 Å². The molecule has 6 heteroatoms. The van der Waals surface area contributed by atoms with Gasteiger partial charge in [-0.3, -0.25) is 14.8 Å². The fourth-order valence-electron chi connectivity index (χ4n) is 3.62. The summed E-state index contributed by atoms with van der Waals surface area (Å²) in [5, 5.41) is 0.985. The van der Waals surface area contributed by atoms with E-state index < -0.39 is 0 Å². The summed E-state index contributed by atoms with van der Waals surface area (Å²) in [5.41, 5.74) is 8.35. The summed E-state index contributed by atoms with van der Waals surface area (Å²) >= 11 is 0. The van der Waals surface area contributed by atoms with Gasteiger partial charge in [0.25, 0.3) is 5.91 Å². The van der Waals surface area contributed by atoms with Crippen molar-refractivity contribution in [2.24, 2.45) is 5.92 Å². The molecule has 26 heavy (non-hydrogen) atoms. The van der Waals surface area contributed by atoms with Gasteiger partial charge < -0.3 is 10.6 Å². The number of nitrogens with zero attached hydrogens (tertiary/aromatic N) is 4. The van der Waals surface area contributed by atoms with Crippen LogP contribution in [-0.4, -0.2) is 38.8 Å². The first kappa shape index (κ1) is 16.4. The Morgan fingerprint density at radius 1 is 1.15 bits per heavy atom. The van der Waals surface area contributed by atoms with E-state index in [0.717, 1.165) is 48.9 Å². The van der Waals surface area contributed by atoms with Crippen LogP contribution in [0.15, 0.2) is 48.9 Å². The van der Waals surface area contributed by atoms with Gasteiger partial charge in [0.15, 0.2) is 0 Å². The number of amides is 1. The van der Waals surface area contributed by atoms with E-state index in [0.29, 0.717) is 17.3 Å². The quantitative estimate of drug-likeness (QED) is 0.787. The van der Waals surface area contributed by atoms with Gasteiger partial charge in [-0.25, -0.2) is 4.98 Å². The molecule has 2 N–H and O–H groups in total. The molecule has 4 rings (SSSR count). The van der Waals surface area contributed by atoms with Crippen LogP contribution in [0.1, 0.15) is 28.9 Å². The number of likely N-dealkylation sites (tertiary alicyclic amines) is 1. The Morgan fingerprint density at radius 3 is 2.92 bits per heavy atom. The average molecular weight is 347 g/mol. The molecule has 0 aliphatic carbocycles. The van der Waals surface area contributed by atoms with Crippen molar-refractivity contribution in [2.75, 3.05) is 18.8 Å². The van der Waals surface area contributed by atoms with Gasteiger partial charge in [-0.05, 0) is 49.4 Å². The number of nitrogens with two attached hydrogens (primary N) is 1. The SMILES string of the molecule is Nc1nccnc1C[C@@H]1CCCN(C(=O)c2ccc3ncccc3c2)C1. The number of piperidine rings is 1. The van der Waals surface area contributed by atoms with Crippen molar-refractivity contribution >= 4 is 22.6 Å². The summed E-state index contributed by atoms with van der Waals surface area (Å²) < 4.78 is 0. The summed E-state index contributed by atoms with van der Waals surface area (Å²) in [4.78, 5) is 27.7. The minimum absolute atomic E-state index is 0.0765. The molecule has 1 aromatic carbocycles. The maximum Gasteiger partial charge on any atom is 0.253 e. The Morgan fingerprint density at radius 2 is 2.04 bits per heavy atom. The van der Waals surface area contributed by atoms with Gasteiger partial charge in [0.05, 0.1) is 11.2 Å². The molecule has 132 valence electrons. The lowest BCUT2D eigenvalue weighted by Gasteiger charge is -2.33. The molecule has 1 aliphatic heterocycles. The fraction of sp³-hybridized carbons (Fsp3) is 0.300. The second-order valence-electron chi connectivity index (χ2n) is 6.76. The Kier molecular flexibility index (Phi) is 4.48. The minimum atomic E-state index is 0.0765. The number of fused-ring (bicyclic) bond motifs is 1. The number of rotatable bonds is 3. The summed E-state index contributed by atoms with van der Waals surface area (Å²) in [6, 6.07) is 9.56. The van der Waals surface area contributed by atoms with Crippen LogP contribution in [0.4, 0.5) is 5.82 Å². The zero-order valence-electron chi connectivity index (χ0n) is 14.5. The second kappa shape index (κ2) is 7.07. The van der Waals surface area contributed by atoms with Crippen LogP contribution in [0, 0.1) is 5.92 Å². The normalized spacial score (nSPS) is 17.4. The van der Waals surface area contributed by atoms with Gasteiger partial charge in [-0.1, -0.05) is 6.07 Å². The third-order valence-corrected chi connectivity index (χ3v) is 4.94. The first-order valence-corrected chi connectivity index (χ1v) is 8.90. The predicted molar refractivity (Wildman–Crippen MR) is 101 cm³/mol. The monoisotopic (exact) mass is 347 g/mol. The smallest absolute Gasteiger partial charge is 0.253 e. The summed E-state index contributed by atoms with van der Waals surface area (Å²) in [6.07, 6.45) is 7.85. The van der Waals surface area contributed by atoms with Crippen molar-refractivity contribution in [3.8, 4) is 0 Å². The van der Waals surface area contributed by atoms with Crippen molar-refractivity contribution in [3.63, 3.8) is 0 Å². The highest BCUT2D eigenvalue weighted by molar-refractivity contribution is 5.98. The lowest BCUT2D eigenvalue weighted by atomic mass is 9.92. The van der Waals surface area contributed by atoms with E-state index >= 15 is 0 Å². The molecule has 0 spiro atoms. The third kappa shape index (κ3) is 3.35. The van der Waals surface area contributed by atoms with E-state index in [1.165, 1.54) is 0 Å². The molecule has 0 bridgehead atoms. The highest BCUT2D eigenvalue weighted by Crippen LogP contribution is 2.24. The molecule has 1 fully saturated rings. The van der Waals surface area contributed by atoms with E-state index in [1.54, 1.807) is 18.6 Å². The molecular formula is C20H21N5O. The molecule has 3 heterocycles. The van der Waals surface area contributed by atoms with Crippen LogP contribution < -0.4 is 5.73 Å². The molecule has 1 saturated heterocycles. The Hall–Kier alpha value is -3.02. The van der Waals surface area contributed by atoms with Gasteiger partial charge in [0, 0.05) is 42.6 Å². The Bertz CT molecular complexity index is 942. The number of hydrogen-bond acceptors (Lipinski definition) is 5. The number of benzene rings is 1. The number of nitrogen functional groups attached to an aromatic ring is 1. The highest BCUT2D eigenvalue weighted by atomic mass is 16.2. The molecule has 3 aromatic rings. The summed E-state index contributed by atoms with van der Waals surface area (Å²) in [5.74, 6) is 0.916. The maximum absolute atomic E-state index is 13.0.